The summed E-state index contributed by atoms with van der Waals surface area (Å²) < 4.78 is 4.58. The van der Waals surface area contributed by atoms with E-state index in [4.69, 9.17) is 9.97 Å². The number of para-hydroxylation sites is 3. The third-order valence-corrected chi connectivity index (χ3v) is 11.4. The second-order valence-corrected chi connectivity index (χ2v) is 14.7. The van der Waals surface area contributed by atoms with Crippen LogP contribution in [0, 0.1) is 0 Å². The summed E-state index contributed by atoms with van der Waals surface area (Å²) in [6.45, 7) is 4.67. The van der Waals surface area contributed by atoms with Gasteiger partial charge in [0.15, 0.2) is 0 Å². The number of nitrogens with zero attached hydrogens (tertiary/aromatic N) is 4. The maximum Gasteiger partial charge on any atom is 0.235 e. The molecule has 0 bridgehead atoms. The third kappa shape index (κ3) is 4.36. The summed E-state index contributed by atoms with van der Waals surface area (Å²) in [6, 6.07) is 59.1. The number of aromatic nitrogens is 4. The Balaban J connectivity index is 1.02. The average Bonchev–Trinajstić information content (AvgIpc) is 3.81. The first-order chi connectivity index (χ1) is 26.0. The maximum atomic E-state index is 5.23. The summed E-state index contributed by atoms with van der Waals surface area (Å²) in [7, 11) is 0. The Morgan fingerprint density at radius 2 is 1.04 bits per heavy atom. The number of hydrogen-bond acceptors (Lipinski definition) is 2. The summed E-state index contributed by atoms with van der Waals surface area (Å²) in [5, 5.41) is 4.84. The van der Waals surface area contributed by atoms with Gasteiger partial charge in [-0.25, -0.2) is 9.97 Å². The minimum atomic E-state index is -0.0480. The van der Waals surface area contributed by atoms with E-state index in [1.165, 1.54) is 60.6 Å². The zero-order valence-corrected chi connectivity index (χ0v) is 29.5. The first-order valence-electron chi connectivity index (χ1n) is 18.2. The molecule has 0 amide bonds. The average molecular weight is 679 g/mol. The van der Waals surface area contributed by atoms with Crippen molar-refractivity contribution >= 4 is 43.6 Å². The molecule has 4 heteroatoms. The van der Waals surface area contributed by atoms with E-state index in [1.807, 2.05) is 12.3 Å². The van der Waals surface area contributed by atoms with Crippen LogP contribution in [0.4, 0.5) is 0 Å². The van der Waals surface area contributed by atoms with Crippen molar-refractivity contribution in [1.29, 1.82) is 0 Å². The third-order valence-electron chi connectivity index (χ3n) is 11.4. The minimum absolute atomic E-state index is 0.0480. The highest BCUT2D eigenvalue weighted by Crippen LogP contribution is 2.49. The highest BCUT2D eigenvalue weighted by Gasteiger charge is 2.35. The predicted molar refractivity (Wildman–Crippen MR) is 219 cm³/mol. The molecular formula is C49H34N4. The zero-order chi connectivity index (χ0) is 35.3. The lowest BCUT2D eigenvalue weighted by Crippen LogP contribution is -2.14. The van der Waals surface area contributed by atoms with Crippen LogP contribution in [0.5, 0.6) is 0 Å². The van der Waals surface area contributed by atoms with Gasteiger partial charge in [-0.3, -0.25) is 4.57 Å². The first-order valence-corrected chi connectivity index (χ1v) is 18.2. The van der Waals surface area contributed by atoms with Crippen LogP contribution < -0.4 is 0 Å². The highest BCUT2D eigenvalue weighted by molar-refractivity contribution is 6.12. The molecular weight excluding hydrogens is 645 g/mol. The number of rotatable bonds is 4. The van der Waals surface area contributed by atoms with Crippen LogP contribution >= 0.6 is 0 Å². The lowest BCUT2D eigenvalue weighted by molar-refractivity contribution is 0.660. The second kappa shape index (κ2) is 11.1. The Hall–Kier alpha value is -6.78. The van der Waals surface area contributed by atoms with Crippen molar-refractivity contribution < 1.29 is 0 Å². The van der Waals surface area contributed by atoms with Crippen LogP contribution in [-0.4, -0.2) is 19.1 Å². The number of hydrogen-bond donors (Lipinski definition) is 0. The van der Waals surface area contributed by atoms with Gasteiger partial charge < -0.3 is 4.57 Å². The molecule has 0 saturated heterocycles. The lowest BCUT2D eigenvalue weighted by Gasteiger charge is -2.22. The predicted octanol–water partition coefficient (Wildman–Crippen LogP) is 12.3. The maximum absolute atomic E-state index is 5.23. The van der Waals surface area contributed by atoms with E-state index in [0.717, 1.165) is 33.4 Å². The van der Waals surface area contributed by atoms with E-state index < -0.39 is 0 Å². The fraction of sp³-hybridized carbons (Fsp3) is 0.0612. The van der Waals surface area contributed by atoms with Crippen molar-refractivity contribution in [2.75, 3.05) is 0 Å². The number of fused-ring (bicyclic) bond motifs is 9. The SMILES string of the molecule is CC1(C)c2ccccc2-c2ccc(-c3cccc(-c4ccnc(-n5c6ccccc6c6cc(-n7c8ccccc8c8ccccc87)ccc65)n4)c3)cc21. The van der Waals surface area contributed by atoms with E-state index in [0.29, 0.717) is 5.95 Å². The molecule has 0 atom stereocenters. The smallest absolute Gasteiger partial charge is 0.235 e. The van der Waals surface area contributed by atoms with Crippen molar-refractivity contribution in [2.24, 2.45) is 0 Å². The summed E-state index contributed by atoms with van der Waals surface area (Å²) in [5.41, 5.74) is 15.4. The van der Waals surface area contributed by atoms with Gasteiger partial charge in [0.25, 0.3) is 0 Å². The van der Waals surface area contributed by atoms with E-state index in [-0.39, 0.29) is 5.41 Å². The van der Waals surface area contributed by atoms with Gasteiger partial charge in [-0.15, -0.1) is 0 Å². The van der Waals surface area contributed by atoms with Crippen LogP contribution in [0.25, 0.3) is 88.8 Å². The van der Waals surface area contributed by atoms with E-state index >= 15 is 0 Å². The van der Waals surface area contributed by atoms with Crippen molar-refractivity contribution in [1.82, 2.24) is 19.1 Å². The zero-order valence-electron chi connectivity index (χ0n) is 29.5. The molecule has 3 heterocycles. The summed E-state index contributed by atoms with van der Waals surface area (Å²) >= 11 is 0. The van der Waals surface area contributed by atoms with Gasteiger partial charge in [-0.2, -0.15) is 0 Å². The molecule has 0 fully saturated rings. The van der Waals surface area contributed by atoms with Gasteiger partial charge in [0.05, 0.1) is 27.8 Å². The van der Waals surface area contributed by atoms with Crippen molar-refractivity contribution in [3.63, 3.8) is 0 Å². The fourth-order valence-electron chi connectivity index (χ4n) is 8.88. The molecule has 0 aliphatic heterocycles. The van der Waals surface area contributed by atoms with E-state index in [1.54, 1.807) is 0 Å². The van der Waals surface area contributed by atoms with Gasteiger partial charge >= 0.3 is 0 Å². The van der Waals surface area contributed by atoms with Gasteiger partial charge in [-0.1, -0.05) is 123 Å². The van der Waals surface area contributed by atoms with Crippen molar-refractivity contribution in [2.45, 2.75) is 19.3 Å². The molecule has 10 aromatic rings. The quantitative estimate of drug-likeness (QED) is 0.186. The molecule has 0 spiro atoms. The molecule has 250 valence electrons. The summed E-state index contributed by atoms with van der Waals surface area (Å²) in [4.78, 5) is 10.1. The van der Waals surface area contributed by atoms with E-state index in [2.05, 4.69) is 181 Å². The Morgan fingerprint density at radius 3 is 1.81 bits per heavy atom. The molecule has 1 aliphatic rings. The molecule has 0 unspecified atom stereocenters. The Bertz CT molecular complexity index is 3050. The molecule has 3 aromatic heterocycles. The molecule has 0 N–H and O–H groups in total. The Kier molecular flexibility index (Phi) is 6.27. The molecule has 11 rings (SSSR count). The van der Waals surface area contributed by atoms with E-state index in [9.17, 15) is 0 Å². The Morgan fingerprint density at radius 1 is 0.434 bits per heavy atom. The monoisotopic (exact) mass is 678 g/mol. The normalized spacial score (nSPS) is 13.2. The standard InChI is InChI=1S/C49H34N4/c1-49(2)41-18-7-3-14-35(41)36-24-22-32(29-42(36)49)31-12-11-13-33(28-31)43-26-27-50-48(51-43)53-46-21-10-6-17-39(46)40-30-34(23-25-47(40)53)52-44-19-8-4-15-37(44)38-16-5-9-20-45(38)52/h3-30H,1-2H3. The number of benzene rings is 7. The van der Waals surface area contributed by atoms with Crippen molar-refractivity contribution in [3.8, 4) is 45.1 Å². The van der Waals surface area contributed by atoms with Crippen LogP contribution in [0.1, 0.15) is 25.0 Å². The molecule has 4 nitrogen and oxygen atoms in total. The van der Waals surface area contributed by atoms with Gasteiger partial charge in [0, 0.05) is 44.4 Å². The van der Waals surface area contributed by atoms with Crippen LogP contribution in [0.15, 0.2) is 170 Å². The summed E-state index contributed by atoms with van der Waals surface area (Å²) in [6.07, 6.45) is 1.88. The summed E-state index contributed by atoms with van der Waals surface area (Å²) in [5.74, 6) is 0.653. The van der Waals surface area contributed by atoms with Crippen LogP contribution in [0.3, 0.4) is 0 Å². The largest absolute Gasteiger partial charge is 0.309 e. The Labute approximate surface area is 307 Å². The second-order valence-electron chi connectivity index (χ2n) is 14.7. The topological polar surface area (TPSA) is 35.6 Å². The molecule has 0 radical (unpaired) electrons. The molecule has 7 aromatic carbocycles. The first kappa shape index (κ1) is 29.9. The minimum Gasteiger partial charge on any atom is -0.309 e. The molecule has 53 heavy (non-hydrogen) atoms. The van der Waals surface area contributed by atoms with Gasteiger partial charge in [0.1, 0.15) is 0 Å². The van der Waals surface area contributed by atoms with Gasteiger partial charge in [0.2, 0.25) is 5.95 Å². The van der Waals surface area contributed by atoms with Crippen molar-refractivity contribution in [3.05, 3.63) is 181 Å². The highest BCUT2D eigenvalue weighted by atomic mass is 15.2. The molecule has 1 aliphatic carbocycles. The van der Waals surface area contributed by atoms with Gasteiger partial charge in [-0.05, 0) is 88.0 Å². The van der Waals surface area contributed by atoms with Crippen LogP contribution in [0.2, 0.25) is 0 Å². The van der Waals surface area contributed by atoms with Crippen LogP contribution in [-0.2, 0) is 5.41 Å². The fourth-order valence-corrected chi connectivity index (χ4v) is 8.88. The molecule has 0 saturated carbocycles. The lowest BCUT2D eigenvalue weighted by atomic mass is 9.81.